The van der Waals surface area contributed by atoms with E-state index in [4.69, 9.17) is 61.6 Å². The number of hydrogen-bond acceptors (Lipinski definition) is 23. The monoisotopic (exact) mass is 1650 g/mol. The number of carbonyl (C=O) groups excluding carboxylic acids is 7. The molecule has 5 aliphatic rings. The molecule has 30 heteroatoms. The van der Waals surface area contributed by atoms with Gasteiger partial charge in [-0.05, 0) is 99.5 Å². The molecular weight excluding hydrogens is 1530 g/mol. The summed E-state index contributed by atoms with van der Waals surface area (Å²) < 4.78 is 75.3. The molecule has 8 rings (SSSR count). The van der Waals surface area contributed by atoms with E-state index in [1.54, 1.807) is 67.6 Å². The second-order valence-corrected chi connectivity index (χ2v) is 34.3. The van der Waals surface area contributed by atoms with Crippen molar-refractivity contribution in [3.8, 4) is 23.0 Å². The fourth-order valence-corrected chi connectivity index (χ4v) is 15.9. The van der Waals surface area contributed by atoms with Crippen molar-refractivity contribution < 1.29 is 100 Å². The van der Waals surface area contributed by atoms with Gasteiger partial charge < -0.3 is 97.8 Å². The molecule has 117 heavy (non-hydrogen) atoms. The number of amides is 7. The van der Waals surface area contributed by atoms with Crippen molar-refractivity contribution in [3.63, 3.8) is 0 Å². The van der Waals surface area contributed by atoms with Gasteiger partial charge in [-0.15, -0.1) is 11.8 Å². The maximum absolute atomic E-state index is 14.5. The zero-order valence-electron chi connectivity index (χ0n) is 71.1. The van der Waals surface area contributed by atoms with Crippen LogP contribution in [0.5, 0.6) is 23.0 Å². The first kappa shape index (κ1) is 94.6. The molecule has 7 amide bonds. The third-order valence-electron chi connectivity index (χ3n) is 20.8. The SMILES string of the molecule is COc1cc2c(cc1OCC(C)(C)CC(C)(C)COc1cc3c(cc1OC)C(=O)N1C=C(C)CC1C(O)N3C(=O)OCc1ccc(NC(=O)C(C)NC(=O)C(NC(=O)CCOCCOCCOCCOCCOCCOCCOCCOCCNC(=O)CSC3(C)CCCCCCCCCCC3)C(C)C)cc1)N=CC1CC(C)=CN1C2=O. The molecule has 0 saturated heterocycles. The first-order chi connectivity index (χ1) is 56.2. The Kier molecular flexibility index (Phi) is 39.1. The molecule has 650 valence electrons. The van der Waals surface area contributed by atoms with Crippen LogP contribution >= 0.6 is 11.8 Å². The maximum Gasteiger partial charge on any atom is 0.416 e. The van der Waals surface area contributed by atoms with Gasteiger partial charge in [0.25, 0.3) is 11.8 Å². The van der Waals surface area contributed by atoms with Crippen LogP contribution in [0.15, 0.2) is 77.1 Å². The van der Waals surface area contributed by atoms with Gasteiger partial charge >= 0.3 is 6.09 Å². The number of nitrogens with zero attached hydrogens (tertiary/aromatic N) is 4. The summed E-state index contributed by atoms with van der Waals surface area (Å²) in [7, 11) is 2.99. The van der Waals surface area contributed by atoms with Gasteiger partial charge in [-0.3, -0.25) is 33.8 Å². The van der Waals surface area contributed by atoms with Crippen LogP contribution in [-0.4, -0.2) is 243 Å². The van der Waals surface area contributed by atoms with E-state index in [-0.39, 0.29) is 90.7 Å². The van der Waals surface area contributed by atoms with E-state index in [0.29, 0.717) is 158 Å². The lowest BCUT2D eigenvalue weighted by atomic mass is 9.76. The van der Waals surface area contributed by atoms with E-state index >= 15 is 0 Å². The molecule has 0 bridgehead atoms. The lowest BCUT2D eigenvalue weighted by Crippen LogP contribution is -2.53. The third-order valence-corrected chi connectivity index (χ3v) is 22.4. The Bertz CT molecular complexity index is 3770. The molecule has 0 aromatic heterocycles. The number of benzene rings is 3. The highest BCUT2D eigenvalue weighted by atomic mass is 32.2. The number of anilines is 2. The predicted molar refractivity (Wildman–Crippen MR) is 448 cm³/mol. The van der Waals surface area contributed by atoms with Crippen LogP contribution in [0.4, 0.5) is 21.9 Å². The zero-order chi connectivity index (χ0) is 84.3. The molecular formula is C87H130N8O21S. The molecule has 3 aromatic rings. The van der Waals surface area contributed by atoms with Crippen molar-refractivity contribution in [2.75, 3.05) is 156 Å². The number of thioether (sulfide) groups is 1. The number of aliphatic hydroxyl groups excluding tert-OH is 1. The summed E-state index contributed by atoms with van der Waals surface area (Å²) in [4.78, 5) is 104. The average Bonchev–Trinajstić information content (AvgIpc) is 1.61. The Balaban J connectivity index is 0.653. The molecule has 5 unspecified atom stereocenters. The summed E-state index contributed by atoms with van der Waals surface area (Å²) in [6.07, 6.45) is 18.7. The van der Waals surface area contributed by atoms with E-state index < -0.39 is 64.9 Å². The van der Waals surface area contributed by atoms with E-state index in [9.17, 15) is 38.7 Å². The second kappa shape index (κ2) is 48.4. The number of aliphatic hydroxyl groups is 1. The number of carbonyl (C=O) groups is 7. The summed E-state index contributed by atoms with van der Waals surface area (Å²) in [6, 6.07) is 10.0. The van der Waals surface area contributed by atoms with Crippen LogP contribution < -0.4 is 45.1 Å². The quantitative estimate of drug-likeness (QED) is 0.0328. The maximum atomic E-state index is 14.5. The molecule has 29 nitrogen and oxygen atoms in total. The molecule has 5 N–H and O–H groups in total. The van der Waals surface area contributed by atoms with Crippen LogP contribution in [0.1, 0.15) is 192 Å². The Hall–Kier alpha value is -7.91. The molecule has 1 saturated carbocycles. The molecule has 0 spiro atoms. The van der Waals surface area contributed by atoms with Crippen molar-refractivity contribution in [1.29, 1.82) is 0 Å². The van der Waals surface area contributed by atoms with Gasteiger partial charge in [0, 0.05) is 54.1 Å². The number of ether oxygens (including phenoxy) is 13. The van der Waals surface area contributed by atoms with E-state index in [1.807, 2.05) is 31.8 Å². The van der Waals surface area contributed by atoms with Crippen molar-refractivity contribution >= 4 is 76.6 Å². The highest BCUT2D eigenvalue weighted by molar-refractivity contribution is 8.01. The molecule has 4 heterocycles. The van der Waals surface area contributed by atoms with Crippen LogP contribution in [0.25, 0.3) is 0 Å². The van der Waals surface area contributed by atoms with Gasteiger partial charge in [-0.25, -0.2) is 9.69 Å². The summed E-state index contributed by atoms with van der Waals surface area (Å²) in [5.74, 6) is -0.523. The fraction of sp³-hybridized carbons (Fsp3) is 0.655. The highest BCUT2D eigenvalue weighted by Crippen LogP contribution is 2.45. The number of rotatable bonds is 48. The predicted octanol–water partition coefficient (Wildman–Crippen LogP) is 12.1. The lowest BCUT2D eigenvalue weighted by molar-refractivity contribution is -0.132. The molecule has 0 radical (unpaired) electrons. The van der Waals surface area contributed by atoms with Crippen molar-refractivity contribution in [2.45, 2.75) is 207 Å². The van der Waals surface area contributed by atoms with Crippen LogP contribution in [-0.2, 0) is 68.4 Å². The molecule has 4 aliphatic heterocycles. The normalized spacial score (nSPS) is 18.1. The summed E-state index contributed by atoms with van der Waals surface area (Å²) in [5.41, 5.74) is 2.96. The number of hydrogen-bond donors (Lipinski definition) is 5. The van der Waals surface area contributed by atoms with Crippen molar-refractivity contribution in [3.05, 3.63) is 88.8 Å². The van der Waals surface area contributed by atoms with Gasteiger partial charge in [0.1, 0.15) is 18.7 Å². The second-order valence-electron chi connectivity index (χ2n) is 32.8. The number of nitrogens with one attached hydrogen (secondary N) is 4. The minimum Gasteiger partial charge on any atom is -0.493 e. The molecule has 3 aromatic carbocycles. The summed E-state index contributed by atoms with van der Waals surface area (Å²) in [6.45, 7) is 26.3. The smallest absolute Gasteiger partial charge is 0.416 e. The van der Waals surface area contributed by atoms with Crippen molar-refractivity contribution in [1.82, 2.24) is 25.8 Å². The minimum atomic E-state index is -1.54. The minimum absolute atomic E-state index is 0.00584. The zero-order valence-corrected chi connectivity index (χ0v) is 71.9. The Morgan fingerprint density at radius 1 is 0.590 bits per heavy atom. The highest BCUT2D eigenvalue weighted by Gasteiger charge is 2.46. The van der Waals surface area contributed by atoms with Crippen molar-refractivity contribution in [2.24, 2.45) is 21.7 Å². The fourth-order valence-electron chi connectivity index (χ4n) is 14.8. The van der Waals surface area contributed by atoms with E-state index in [2.05, 4.69) is 60.9 Å². The number of methoxy groups -OCH3 is 2. The summed E-state index contributed by atoms with van der Waals surface area (Å²) in [5, 5.41) is 23.4. The Morgan fingerprint density at radius 3 is 1.62 bits per heavy atom. The Labute approximate surface area is 695 Å². The largest absolute Gasteiger partial charge is 0.493 e. The standard InChI is InChI=1S/C87H130N8O21S/c1-60(2)78(92-76(96)26-30-106-32-34-108-36-38-110-40-42-112-44-45-113-43-41-111-39-37-109-35-33-107-31-29-88-77(97)56-117-87(10)27-20-18-16-14-13-15-17-19-21-28-87)80(99)90-63(5)79(98)91-65-24-22-64(23-25-65)55-114-84(103)95-70-51-75(73(105-12)49-68(70)82(101)94-54-62(4)47-71(94)83(95)102)116-59-86(8,9)57-85(6,7)58-115-74-50-69-67(48-72(74)104-11)81(100)93-53-61(3)46-66(93)52-89-69/h22-25,48-54,60,63,66,71,78,83,102H,13-21,26-47,55-59H2,1-12H3,(H,88,97)(H,90,99)(H,91,98)(H,92,96). The van der Waals surface area contributed by atoms with Crippen LogP contribution in [0.3, 0.4) is 0 Å². The van der Waals surface area contributed by atoms with Gasteiger partial charge in [-0.2, -0.15) is 0 Å². The first-order valence-electron chi connectivity index (χ1n) is 41.6. The molecule has 1 aliphatic carbocycles. The first-order valence-corrected chi connectivity index (χ1v) is 42.6. The molecule has 5 atom stereocenters. The van der Waals surface area contributed by atoms with E-state index in [0.717, 1.165) is 16.0 Å². The molecule has 1 fully saturated rings. The van der Waals surface area contributed by atoms with E-state index in [1.165, 1.54) is 109 Å². The Morgan fingerprint density at radius 2 is 1.08 bits per heavy atom. The third kappa shape index (κ3) is 31.0. The van der Waals surface area contributed by atoms with Gasteiger partial charge in [0.05, 0.1) is 173 Å². The van der Waals surface area contributed by atoms with Crippen LogP contribution in [0.2, 0.25) is 0 Å². The lowest BCUT2D eigenvalue weighted by Gasteiger charge is -2.35. The van der Waals surface area contributed by atoms with Gasteiger partial charge in [0.15, 0.2) is 29.2 Å². The average molecular weight is 1660 g/mol. The van der Waals surface area contributed by atoms with Crippen LogP contribution in [0, 0.1) is 16.7 Å². The topological polar surface area (TPSA) is 330 Å². The number of fused-ring (bicyclic) bond motifs is 4. The number of aliphatic imine (C=N–C) groups is 1. The van der Waals surface area contributed by atoms with Gasteiger partial charge in [-0.1, -0.05) is 130 Å². The van der Waals surface area contributed by atoms with Gasteiger partial charge in [0.2, 0.25) is 23.6 Å². The summed E-state index contributed by atoms with van der Waals surface area (Å²) >= 11 is 1.82.